The van der Waals surface area contributed by atoms with Crippen LogP contribution < -0.4 is 4.74 Å². The minimum absolute atomic E-state index is 0.907. The molecule has 0 amide bonds. The number of aryl methyl sites for hydroxylation is 2. The number of methoxy groups -OCH3 is 1. The molecule has 0 aliphatic rings. The third-order valence-electron chi connectivity index (χ3n) is 4.46. The highest BCUT2D eigenvalue weighted by Gasteiger charge is 2.13. The molecule has 0 aliphatic carbocycles. The Morgan fingerprint density at radius 1 is 1.21 bits per heavy atom. The fraction of sp³-hybridized carbons (Fsp3) is 0.450. The Bertz CT molecular complexity index is 688. The summed E-state index contributed by atoms with van der Waals surface area (Å²) in [6, 6.07) is 8.09. The maximum absolute atomic E-state index is 5.40. The largest absolute Gasteiger partial charge is 0.496 e. The smallest absolute Gasteiger partial charge is 0.126 e. The molecule has 0 N–H and O–H groups in total. The molecule has 2 rings (SSSR count). The Labute approximate surface area is 145 Å². The van der Waals surface area contributed by atoms with Crippen molar-refractivity contribution in [2.24, 2.45) is 0 Å². The summed E-state index contributed by atoms with van der Waals surface area (Å²) in [7, 11) is 1.71. The Kier molecular flexibility index (Phi) is 6.62. The fourth-order valence-electron chi connectivity index (χ4n) is 2.93. The van der Waals surface area contributed by atoms with Crippen LogP contribution in [0, 0.1) is 13.8 Å². The maximum atomic E-state index is 5.40. The molecule has 0 saturated carbocycles. The molecule has 1 aromatic heterocycles. The third-order valence-corrected chi connectivity index (χ3v) is 4.46. The lowest BCUT2D eigenvalue weighted by Gasteiger charge is -2.19. The maximum Gasteiger partial charge on any atom is 0.126 e. The van der Waals surface area contributed by atoms with Crippen LogP contribution in [0.3, 0.4) is 0 Å². The van der Waals surface area contributed by atoms with Crippen molar-refractivity contribution in [1.29, 1.82) is 0 Å². The van der Waals surface area contributed by atoms with Crippen LogP contribution in [0.4, 0.5) is 0 Å². The van der Waals surface area contributed by atoms with Gasteiger partial charge >= 0.3 is 0 Å². The summed E-state index contributed by atoms with van der Waals surface area (Å²) < 4.78 is 7.48. The molecule has 24 heavy (non-hydrogen) atoms. The van der Waals surface area contributed by atoms with E-state index in [4.69, 9.17) is 4.74 Å². The van der Waals surface area contributed by atoms with Crippen LogP contribution in [0.5, 0.6) is 5.75 Å². The first kappa shape index (κ1) is 18.3. The molecule has 0 bridgehead atoms. The molecule has 1 heterocycles. The van der Waals surface area contributed by atoms with E-state index in [2.05, 4.69) is 60.6 Å². The lowest BCUT2D eigenvalue weighted by molar-refractivity contribution is 0.310. The Morgan fingerprint density at radius 2 is 1.96 bits per heavy atom. The SMILES string of the molecule is CCN(C/C=C/c1ccccc1OC)Cc1c(C)nn(CC)c1C. The molecule has 0 fully saturated rings. The lowest BCUT2D eigenvalue weighted by atomic mass is 10.1. The Morgan fingerprint density at radius 3 is 2.58 bits per heavy atom. The number of likely N-dealkylation sites (N-methyl/N-ethyl adjacent to an activating group) is 1. The average Bonchev–Trinajstić information content (AvgIpc) is 2.88. The van der Waals surface area contributed by atoms with E-state index in [9.17, 15) is 0 Å². The molecule has 4 heteroatoms. The second kappa shape index (κ2) is 8.69. The van der Waals surface area contributed by atoms with Gasteiger partial charge in [0.25, 0.3) is 0 Å². The highest BCUT2D eigenvalue weighted by atomic mass is 16.5. The predicted octanol–water partition coefficient (Wildman–Crippen LogP) is 4.06. The van der Waals surface area contributed by atoms with E-state index in [1.165, 1.54) is 11.3 Å². The molecule has 130 valence electrons. The molecule has 1 aromatic carbocycles. The van der Waals surface area contributed by atoms with Crippen LogP contribution in [0.1, 0.15) is 36.4 Å². The molecular weight excluding hydrogens is 298 g/mol. The van der Waals surface area contributed by atoms with Gasteiger partial charge in [0, 0.05) is 36.5 Å². The zero-order valence-corrected chi connectivity index (χ0v) is 15.5. The van der Waals surface area contributed by atoms with Crippen LogP contribution >= 0.6 is 0 Å². The zero-order valence-electron chi connectivity index (χ0n) is 15.5. The van der Waals surface area contributed by atoms with Crippen molar-refractivity contribution in [3.05, 3.63) is 52.9 Å². The predicted molar refractivity (Wildman–Crippen MR) is 100 cm³/mol. The van der Waals surface area contributed by atoms with E-state index in [1.807, 2.05) is 18.2 Å². The van der Waals surface area contributed by atoms with Crippen molar-refractivity contribution in [1.82, 2.24) is 14.7 Å². The number of rotatable bonds is 8. The number of hydrogen-bond donors (Lipinski definition) is 0. The number of para-hydroxylation sites is 1. The van der Waals surface area contributed by atoms with Crippen molar-refractivity contribution in [2.45, 2.75) is 40.8 Å². The van der Waals surface area contributed by atoms with Gasteiger partial charge in [-0.2, -0.15) is 5.10 Å². The average molecular weight is 327 g/mol. The van der Waals surface area contributed by atoms with Gasteiger partial charge in [-0.3, -0.25) is 9.58 Å². The lowest BCUT2D eigenvalue weighted by Crippen LogP contribution is -2.23. The summed E-state index contributed by atoms with van der Waals surface area (Å²) >= 11 is 0. The van der Waals surface area contributed by atoms with Crippen LogP contribution in [0.2, 0.25) is 0 Å². The minimum Gasteiger partial charge on any atom is -0.496 e. The van der Waals surface area contributed by atoms with E-state index >= 15 is 0 Å². The Balaban J connectivity index is 2.05. The molecular formula is C20H29N3O. The van der Waals surface area contributed by atoms with Gasteiger partial charge in [-0.1, -0.05) is 37.3 Å². The molecule has 0 unspecified atom stereocenters. The summed E-state index contributed by atoms with van der Waals surface area (Å²) in [5.41, 5.74) is 4.88. The highest BCUT2D eigenvalue weighted by molar-refractivity contribution is 5.57. The van der Waals surface area contributed by atoms with E-state index in [-0.39, 0.29) is 0 Å². The van der Waals surface area contributed by atoms with Crippen molar-refractivity contribution in [3.8, 4) is 5.75 Å². The molecule has 0 atom stereocenters. The van der Waals surface area contributed by atoms with Gasteiger partial charge in [-0.15, -0.1) is 0 Å². The van der Waals surface area contributed by atoms with Gasteiger partial charge in [0.05, 0.1) is 12.8 Å². The highest BCUT2D eigenvalue weighted by Crippen LogP contribution is 2.19. The summed E-state index contributed by atoms with van der Waals surface area (Å²) in [5.74, 6) is 0.910. The molecule has 0 saturated heterocycles. The second-order valence-electron chi connectivity index (χ2n) is 5.94. The van der Waals surface area contributed by atoms with Crippen LogP contribution in [0.15, 0.2) is 30.3 Å². The quantitative estimate of drug-likeness (QED) is 0.732. The van der Waals surface area contributed by atoms with Crippen LogP contribution in [-0.2, 0) is 13.1 Å². The van der Waals surface area contributed by atoms with Gasteiger partial charge < -0.3 is 4.74 Å². The molecule has 2 aromatic rings. The van der Waals surface area contributed by atoms with Gasteiger partial charge in [0.2, 0.25) is 0 Å². The summed E-state index contributed by atoms with van der Waals surface area (Å²) in [6.07, 6.45) is 4.34. The number of ether oxygens (including phenoxy) is 1. The van der Waals surface area contributed by atoms with Crippen molar-refractivity contribution >= 4 is 6.08 Å². The van der Waals surface area contributed by atoms with Gasteiger partial charge in [0.15, 0.2) is 0 Å². The third kappa shape index (κ3) is 4.26. The first-order valence-electron chi connectivity index (χ1n) is 8.65. The van der Waals surface area contributed by atoms with E-state index in [1.54, 1.807) is 7.11 Å². The molecule has 0 spiro atoms. The second-order valence-corrected chi connectivity index (χ2v) is 5.94. The summed E-state index contributed by atoms with van der Waals surface area (Å²) in [4.78, 5) is 2.42. The van der Waals surface area contributed by atoms with Gasteiger partial charge in [-0.25, -0.2) is 0 Å². The van der Waals surface area contributed by atoms with E-state index < -0.39 is 0 Å². The number of aromatic nitrogens is 2. The first-order valence-corrected chi connectivity index (χ1v) is 8.65. The molecule has 0 aliphatic heterocycles. The standard InChI is InChI=1S/C20H29N3O/c1-6-22(15-19-16(3)21-23(7-2)17(19)4)14-10-12-18-11-8-9-13-20(18)24-5/h8-13H,6-7,14-15H2,1-5H3/b12-10+. The van der Waals surface area contributed by atoms with Gasteiger partial charge in [0.1, 0.15) is 5.75 Å². The summed E-state index contributed by atoms with van der Waals surface area (Å²) in [6.45, 7) is 12.4. The number of hydrogen-bond acceptors (Lipinski definition) is 3. The molecule has 0 radical (unpaired) electrons. The van der Waals surface area contributed by atoms with Crippen molar-refractivity contribution in [3.63, 3.8) is 0 Å². The number of nitrogens with zero attached hydrogens (tertiary/aromatic N) is 3. The molecule has 4 nitrogen and oxygen atoms in total. The normalized spacial score (nSPS) is 11.6. The van der Waals surface area contributed by atoms with Crippen molar-refractivity contribution in [2.75, 3.05) is 20.2 Å². The number of benzene rings is 1. The zero-order chi connectivity index (χ0) is 17.5. The van der Waals surface area contributed by atoms with Crippen LogP contribution in [-0.4, -0.2) is 34.9 Å². The fourth-order valence-corrected chi connectivity index (χ4v) is 2.93. The summed E-state index contributed by atoms with van der Waals surface area (Å²) in [5, 5.41) is 4.62. The van der Waals surface area contributed by atoms with Crippen molar-refractivity contribution < 1.29 is 4.74 Å². The topological polar surface area (TPSA) is 30.3 Å². The first-order chi connectivity index (χ1) is 11.6. The van der Waals surface area contributed by atoms with E-state index in [0.717, 1.165) is 43.2 Å². The van der Waals surface area contributed by atoms with Crippen LogP contribution in [0.25, 0.3) is 6.08 Å². The Hall–Kier alpha value is -2.07. The van der Waals surface area contributed by atoms with Gasteiger partial charge in [-0.05, 0) is 33.4 Å². The minimum atomic E-state index is 0.907. The monoisotopic (exact) mass is 327 g/mol. The van der Waals surface area contributed by atoms with E-state index in [0.29, 0.717) is 0 Å².